The van der Waals surface area contributed by atoms with Crippen molar-refractivity contribution in [3.8, 4) is 226 Å². The predicted octanol–water partition coefficient (Wildman–Crippen LogP) is 28.0. The molecule has 0 amide bonds. The molecule has 24 aromatic rings. The molecule has 0 aliphatic rings. The highest BCUT2D eigenvalue weighted by atomic mass is 15.1. The molecular formula is C124H84N20. The van der Waals surface area contributed by atoms with Gasteiger partial charge < -0.3 is 0 Å². The number of aromatic nitrogens is 20. The lowest BCUT2D eigenvalue weighted by Crippen LogP contribution is -2.00. The molecule has 0 atom stereocenters. The summed E-state index contributed by atoms with van der Waals surface area (Å²) in [5.74, 6) is 7.69. The molecule has 0 radical (unpaired) electrons. The zero-order valence-corrected chi connectivity index (χ0v) is 77.4. The van der Waals surface area contributed by atoms with E-state index in [0.29, 0.717) is 69.9 Å². The van der Waals surface area contributed by atoms with Crippen LogP contribution in [0.25, 0.3) is 226 Å². The Morgan fingerprint density at radius 1 is 0.0972 bits per heavy atom. The molecule has 24 rings (SSSR count). The summed E-state index contributed by atoms with van der Waals surface area (Å²) in [6.45, 7) is 0. The normalized spacial score (nSPS) is 10.8. The van der Waals surface area contributed by atoms with Gasteiger partial charge in [-0.2, -0.15) is 0 Å². The summed E-state index contributed by atoms with van der Waals surface area (Å²) in [4.78, 5) is 93.2. The van der Waals surface area contributed by atoms with E-state index in [-0.39, 0.29) is 0 Å². The van der Waals surface area contributed by atoms with Crippen LogP contribution in [-0.2, 0) is 0 Å². The van der Waals surface area contributed by atoms with Crippen LogP contribution in [0, 0.1) is 0 Å². The molecule has 144 heavy (non-hydrogen) atoms. The highest BCUT2D eigenvalue weighted by molar-refractivity contribution is 5.79. The van der Waals surface area contributed by atoms with Crippen molar-refractivity contribution in [2.75, 3.05) is 0 Å². The van der Waals surface area contributed by atoms with Gasteiger partial charge in [0.1, 0.15) is 0 Å². The SMILES string of the molecule is c1ccc(-c2nc(-c3ccccc3)nc(-c3ccc(-c4ccc(-c5cccnc5)nc4)cc3)n2)cc1.c1ccc(-c2nc(-c3ccccc3)nc(-c3ccc(-c4ccc(-c5ccncc5)nc4)cc3)n2)cc1.c1ccc(-c2nc(-c3ccccc3)nc(-c3cccc(-c4ccc(-c5ccccn5)cn4)c3)n2)cc1.c1ccc(-c2nc(-c3ccccc3)nc(-c3cccc(-c4ccc(-c5cccnc5)cn4)c3)n2)cc1. The van der Waals surface area contributed by atoms with Gasteiger partial charge in [0.15, 0.2) is 69.9 Å². The smallest absolute Gasteiger partial charge is 0.164 e. The van der Waals surface area contributed by atoms with E-state index in [0.717, 1.165) is 156 Å². The lowest BCUT2D eigenvalue weighted by Gasteiger charge is -2.09. The summed E-state index contributed by atoms with van der Waals surface area (Å²) in [5.41, 5.74) is 27.0. The number of benzene rings is 12. The van der Waals surface area contributed by atoms with Crippen LogP contribution in [0.3, 0.4) is 0 Å². The molecule has 0 bridgehead atoms. The molecule has 0 N–H and O–H groups in total. The standard InChI is InChI=1S/4C31H21N5/c1-3-9-22(10-4-1)29-34-30(23-11-5-2-6-12-23)36-31(35-29)25-14-7-13-24(19-25)28-17-16-27(21-33-28)26-15-8-18-32-20-26;1-3-10-22(11-4-1)29-34-30(23-12-5-2-6-13-23)36-31(35-29)25-15-9-14-24(20-25)28-18-17-26(21-33-28)27-16-7-8-19-32-27;1-3-8-23(9-4-1)29-34-30(24-10-5-2-6-11-24)36-31(35-29)25-15-13-22(14-16-25)26-17-18-28(33-21-26)27-12-7-19-32-20-27;1-3-7-24(8-4-1)29-34-30(25-9-5-2-6-10-25)36-31(35-29)26-13-11-22(12-14-26)27-15-16-28(33-21-27)23-17-19-32-20-18-23/h4*1-21H. The maximum absolute atomic E-state index is 4.84. The third-order valence-electron chi connectivity index (χ3n) is 23.5. The zero-order valence-electron chi connectivity index (χ0n) is 77.4. The van der Waals surface area contributed by atoms with Gasteiger partial charge in [0.05, 0.1) is 28.5 Å². The van der Waals surface area contributed by atoms with E-state index >= 15 is 0 Å². The lowest BCUT2D eigenvalue weighted by atomic mass is 10.0. The van der Waals surface area contributed by atoms with Crippen LogP contribution in [0.2, 0.25) is 0 Å². The Bertz CT molecular complexity index is 7630. The Labute approximate surface area is 831 Å². The van der Waals surface area contributed by atoms with Gasteiger partial charge in [0.25, 0.3) is 0 Å². The summed E-state index contributed by atoms with van der Waals surface area (Å²) in [6, 6.07) is 147. The van der Waals surface area contributed by atoms with E-state index < -0.39 is 0 Å². The van der Waals surface area contributed by atoms with Crippen molar-refractivity contribution < 1.29 is 0 Å². The first-order valence-electron chi connectivity index (χ1n) is 46.7. The van der Waals surface area contributed by atoms with Crippen LogP contribution in [0.15, 0.2) is 511 Å². The van der Waals surface area contributed by atoms with Crippen LogP contribution >= 0.6 is 0 Å². The minimum absolute atomic E-state index is 0.620. The monoisotopic (exact) mass is 1850 g/mol. The van der Waals surface area contributed by atoms with Gasteiger partial charge in [-0.3, -0.25) is 39.9 Å². The van der Waals surface area contributed by atoms with Gasteiger partial charge in [-0.05, 0) is 96.1 Å². The number of hydrogen-bond donors (Lipinski definition) is 0. The fraction of sp³-hybridized carbons (Fsp3) is 0. The molecular weight excluding hydrogens is 1770 g/mol. The summed E-state index contributed by atoms with van der Waals surface area (Å²) in [5, 5.41) is 0. The van der Waals surface area contributed by atoms with Crippen LogP contribution in [0.5, 0.6) is 0 Å². The van der Waals surface area contributed by atoms with Gasteiger partial charge in [-0.1, -0.05) is 358 Å². The summed E-state index contributed by atoms with van der Waals surface area (Å²) in [6.07, 6.45) is 20.0. The maximum Gasteiger partial charge on any atom is 0.164 e. The Balaban J connectivity index is 0.000000113. The molecule has 0 aliphatic heterocycles. The summed E-state index contributed by atoms with van der Waals surface area (Å²) in [7, 11) is 0. The molecule has 20 nitrogen and oxygen atoms in total. The molecule has 20 heteroatoms. The minimum atomic E-state index is 0.620. The second-order valence-corrected chi connectivity index (χ2v) is 33.1. The van der Waals surface area contributed by atoms with E-state index in [4.69, 9.17) is 69.8 Å². The van der Waals surface area contributed by atoms with E-state index in [2.05, 4.69) is 84.5 Å². The van der Waals surface area contributed by atoms with E-state index in [1.807, 2.05) is 425 Å². The first-order valence-corrected chi connectivity index (χ1v) is 46.7. The molecule has 0 aliphatic carbocycles. The fourth-order valence-corrected chi connectivity index (χ4v) is 16.0. The van der Waals surface area contributed by atoms with Gasteiger partial charge in [-0.15, -0.1) is 0 Å². The van der Waals surface area contributed by atoms with Crippen molar-refractivity contribution in [3.63, 3.8) is 0 Å². The first-order chi connectivity index (χ1) is 71.3. The molecule has 0 saturated carbocycles. The molecule has 0 fully saturated rings. The Morgan fingerprint density at radius 2 is 0.306 bits per heavy atom. The topological polar surface area (TPSA) is 258 Å². The van der Waals surface area contributed by atoms with E-state index in [9.17, 15) is 0 Å². The average molecular weight is 1850 g/mol. The zero-order chi connectivity index (χ0) is 96.6. The van der Waals surface area contributed by atoms with E-state index in [1.54, 1.807) is 31.0 Å². The van der Waals surface area contributed by atoms with Crippen molar-refractivity contribution in [2.24, 2.45) is 0 Å². The average Bonchev–Trinajstić information content (AvgIpc) is 0.802. The lowest BCUT2D eigenvalue weighted by molar-refractivity contribution is 1.07. The number of rotatable bonds is 20. The van der Waals surface area contributed by atoms with Crippen molar-refractivity contribution >= 4 is 0 Å². The largest absolute Gasteiger partial charge is 0.265 e. The van der Waals surface area contributed by atoms with E-state index in [1.165, 1.54) is 0 Å². The van der Waals surface area contributed by atoms with Crippen molar-refractivity contribution in [1.82, 2.24) is 99.7 Å². The number of pyridine rings is 8. The molecule has 680 valence electrons. The fourth-order valence-electron chi connectivity index (χ4n) is 16.0. The van der Waals surface area contributed by atoms with Crippen LogP contribution in [0.1, 0.15) is 0 Å². The Hall–Kier alpha value is -20.1. The van der Waals surface area contributed by atoms with Crippen LogP contribution in [0.4, 0.5) is 0 Å². The Morgan fingerprint density at radius 3 is 0.583 bits per heavy atom. The van der Waals surface area contributed by atoms with Crippen LogP contribution < -0.4 is 0 Å². The van der Waals surface area contributed by atoms with Gasteiger partial charge in [0, 0.05) is 185 Å². The predicted molar refractivity (Wildman–Crippen MR) is 570 cm³/mol. The quantitative estimate of drug-likeness (QED) is 0.0687. The van der Waals surface area contributed by atoms with Gasteiger partial charge in [0.2, 0.25) is 0 Å². The molecule has 12 aromatic carbocycles. The maximum atomic E-state index is 4.84. The third-order valence-corrected chi connectivity index (χ3v) is 23.5. The minimum Gasteiger partial charge on any atom is -0.265 e. The second-order valence-electron chi connectivity index (χ2n) is 33.1. The van der Waals surface area contributed by atoms with Crippen molar-refractivity contribution in [3.05, 3.63) is 511 Å². The number of hydrogen-bond acceptors (Lipinski definition) is 20. The summed E-state index contributed by atoms with van der Waals surface area (Å²) >= 11 is 0. The highest BCUT2D eigenvalue weighted by Gasteiger charge is 2.20. The van der Waals surface area contributed by atoms with Gasteiger partial charge in [-0.25, -0.2) is 59.8 Å². The van der Waals surface area contributed by atoms with Crippen molar-refractivity contribution in [2.45, 2.75) is 0 Å². The third kappa shape index (κ3) is 22.1. The molecule has 0 saturated heterocycles. The van der Waals surface area contributed by atoms with Crippen LogP contribution in [-0.4, -0.2) is 99.7 Å². The summed E-state index contributed by atoms with van der Waals surface area (Å²) < 4.78 is 0. The van der Waals surface area contributed by atoms with Crippen molar-refractivity contribution in [1.29, 1.82) is 0 Å². The first kappa shape index (κ1) is 90.4. The highest BCUT2D eigenvalue weighted by Crippen LogP contribution is 2.36. The Kier molecular flexibility index (Phi) is 27.6. The molecule has 12 heterocycles. The molecule has 12 aromatic heterocycles. The number of nitrogens with zero attached hydrogens (tertiary/aromatic N) is 20. The molecule has 0 spiro atoms. The second kappa shape index (κ2) is 43.9. The van der Waals surface area contributed by atoms with Gasteiger partial charge >= 0.3 is 0 Å². The molecule has 0 unspecified atom stereocenters.